The molecular weight excluding hydrogens is 389 g/mol. The quantitative estimate of drug-likeness (QED) is 0.759. The fraction of sp³-hybridized carbons (Fsp3) is 0.833. The number of nitrogens with zero attached hydrogens (tertiary/aromatic N) is 4. The van der Waals surface area contributed by atoms with Crippen LogP contribution in [-0.4, -0.2) is 65.1 Å². The second kappa shape index (κ2) is 11.8. The van der Waals surface area contributed by atoms with Crippen molar-refractivity contribution >= 4 is 30.7 Å². The number of carbonyl (C=O) groups excluding carboxylic acids is 1. The minimum Gasteiger partial charge on any atom is -0.340 e. The molecule has 9 heteroatoms. The van der Waals surface area contributed by atoms with Crippen molar-refractivity contribution in [1.82, 2.24) is 25.3 Å². The lowest BCUT2D eigenvalue weighted by atomic mass is 9.93. The van der Waals surface area contributed by atoms with E-state index in [1.807, 2.05) is 11.8 Å². The highest BCUT2D eigenvalue weighted by atomic mass is 35.5. The van der Waals surface area contributed by atoms with Crippen LogP contribution in [-0.2, 0) is 11.2 Å². The maximum atomic E-state index is 12.5. The van der Waals surface area contributed by atoms with Crippen molar-refractivity contribution in [3.05, 3.63) is 11.7 Å². The number of piperidine rings is 1. The first-order valence-electron chi connectivity index (χ1n) is 9.72. The third-order valence-corrected chi connectivity index (χ3v) is 5.60. The largest absolute Gasteiger partial charge is 0.340 e. The zero-order valence-electron chi connectivity index (χ0n) is 16.4. The molecular formula is C18H33Cl2N5O2. The Morgan fingerprint density at radius 3 is 2.48 bits per heavy atom. The molecule has 2 saturated heterocycles. The molecule has 1 aromatic heterocycles. The van der Waals surface area contributed by atoms with Gasteiger partial charge in [-0.3, -0.25) is 9.69 Å². The predicted octanol–water partition coefficient (Wildman–Crippen LogP) is 2.46. The topological polar surface area (TPSA) is 74.5 Å². The lowest BCUT2D eigenvalue weighted by Gasteiger charge is -2.37. The monoisotopic (exact) mass is 421 g/mol. The summed E-state index contributed by atoms with van der Waals surface area (Å²) in [7, 11) is 0. The van der Waals surface area contributed by atoms with E-state index in [2.05, 4.69) is 27.3 Å². The molecule has 2 aliphatic heterocycles. The van der Waals surface area contributed by atoms with Gasteiger partial charge in [0.25, 0.3) is 0 Å². The van der Waals surface area contributed by atoms with Crippen LogP contribution in [0, 0.1) is 5.92 Å². The standard InChI is InChI=1S/C18H31N5O2.2ClH/c1-3-16-20-18(25-21-16)14(2)22-10-12-23(13-11-22)17(24)5-4-15-6-8-19-9-7-15;;/h14-15,19H,3-13H2,1-2H3;2*1H. The van der Waals surface area contributed by atoms with Gasteiger partial charge in [0.05, 0.1) is 6.04 Å². The molecule has 1 aromatic rings. The lowest BCUT2D eigenvalue weighted by molar-refractivity contribution is -0.133. The lowest BCUT2D eigenvalue weighted by Crippen LogP contribution is -2.49. The molecule has 7 nitrogen and oxygen atoms in total. The number of nitrogens with one attached hydrogen (secondary N) is 1. The van der Waals surface area contributed by atoms with E-state index in [0.29, 0.717) is 18.2 Å². The van der Waals surface area contributed by atoms with E-state index in [9.17, 15) is 4.79 Å². The normalized spacial score (nSPS) is 19.9. The van der Waals surface area contributed by atoms with Crippen LogP contribution in [0.5, 0.6) is 0 Å². The second-order valence-corrected chi connectivity index (χ2v) is 7.23. The fourth-order valence-corrected chi connectivity index (χ4v) is 3.75. The molecule has 27 heavy (non-hydrogen) atoms. The molecule has 156 valence electrons. The number of aromatic nitrogens is 2. The van der Waals surface area contributed by atoms with Crippen LogP contribution in [0.2, 0.25) is 0 Å². The highest BCUT2D eigenvalue weighted by Gasteiger charge is 2.27. The maximum absolute atomic E-state index is 12.5. The third-order valence-electron chi connectivity index (χ3n) is 5.60. The SMILES string of the molecule is CCc1noc(C(C)N2CCN(C(=O)CCC3CCNCC3)CC2)n1.Cl.Cl. The van der Waals surface area contributed by atoms with E-state index < -0.39 is 0 Å². The second-order valence-electron chi connectivity index (χ2n) is 7.23. The average Bonchev–Trinajstić information content (AvgIpc) is 3.16. The van der Waals surface area contributed by atoms with Gasteiger partial charge in [0.2, 0.25) is 11.8 Å². The molecule has 0 aromatic carbocycles. The number of hydrogen-bond acceptors (Lipinski definition) is 6. The molecule has 1 N–H and O–H groups in total. The molecule has 1 atom stereocenters. The summed E-state index contributed by atoms with van der Waals surface area (Å²) in [5, 5.41) is 7.36. The maximum Gasteiger partial charge on any atom is 0.243 e. The van der Waals surface area contributed by atoms with Gasteiger partial charge in [-0.1, -0.05) is 12.1 Å². The molecule has 3 rings (SSSR count). The summed E-state index contributed by atoms with van der Waals surface area (Å²) in [6, 6.07) is 0.111. The molecule has 0 saturated carbocycles. The highest BCUT2D eigenvalue weighted by Crippen LogP contribution is 2.22. The summed E-state index contributed by atoms with van der Waals surface area (Å²) in [6.45, 7) is 9.65. The summed E-state index contributed by atoms with van der Waals surface area (Å²) >= 11 is 0. The van der Waals surface area contributed by atoms with Crippen LogP contribution in [0.25, 0.3) is 0 Å². The van der Waals surface area contributed by atoms with Crippen molar-refractivity contribution in [3.63, 3.8) is 0 Å². The Balaban J connectivity index is 0.00000182. The number of hydrogen-bond donors (Lipinski definition) is 1. The number of amides is 1. The molecule has 3 heterocycles. The van der Waals surface area contributed by atoms with Gasteiger partial charge in [-0.15, -0.1) is 24.8 Å². The number of aryl methyl sites for hydroxylation is 1. The zero-order valence-corrected chi connectivity index (χ0v) is 18.0. The molecule has 1 amide bonds. The van der Waals surface area contributed by atoms with Crippen molar-refractivity contribution in [1.29, 1.82) is 0 Å². The molecule has 2 fully saturated rings. The Hall–Kier alpha value is -0.890. The van der Waals surface area contributed by atoms with E-state index in [1.165, 1.54) is 12.8 Å². The van der Waals surface area contributed by atoms with Crippen LogP contribution in [0.4, 0.5) is 0 Å². The summed E-state index contributed by atoms with van der Waals surface area (Å²) in [5.41, 5.74) is 0. The van der Waals surface area contributed by atoms with Gasteiger partial charge >= 0.3 is 0 Å². The number of halogens is 2. The molecule has 0 bridgehead atoms. The number of carbonyl (C=O) groups is 1. The van der Waals surface area contributed by atoms with Crippen molar-refractivity contribution in [3.8, 4) is 0 Å². The summed E-state index contributed by atoms with van der Waals surface area (Å²) in [4.78, 5) is 21.3. The Kier molecular flexibility index (Phi) is 10.6. The van der Waals surface area contributed by atoms with Crippen molar-refractivity contribution in [2.24, 2.45) is 5.92 Å². The van der Waals surface area contributed by atoms with Gasteiger partial charge in [0.15, 0.2) is 5.82 Å². The van der Waals surface area contributed by atoms with Gasteiger partial charge < -0.3 is 14.7 Å². The van der Waals surface area contributed by atoms with E-state index in [4.69, 9.17) is 4.52 Å². The van der Waals surface area contributed by atoms with E-state index in [0.717, 1.165) is 63.9 Å². The van der Waals surface area contributed by atoms with Gasteiger partial charge in [-0.05, 0) is 45.2 Å². The number of piperazine rings is 1. The van der Waals surface area contributed by atoms with Crippen LogP contribution >= 0.6 is 24.8 Å². The number of rotatable bonds is 6. The first-order chi connectivity index (χ1) is 12.2. The van der Waals surface area contributed by atoms with Crippen molar-refractivity contribution in [2.75, 3.05) is 39.3 Å². The fourth-order valence-electron chi connectivity index (χ4n) is 3.75. The van der Waals surface area contributed by atoms with E-state index in [1.54, 1.807) is 0 Å². The Morgan fingerprint density at radius 1 is 1.22 bits per heavy atom. The highest BCUT2D eigenvalue weighted by molar-refractivity contribution is 5.85. The minimum absolute atomic E-state index is 0. The van der Waals surface area contributed by atoms with Crippen molar-refractivity contribution in [2.45, 2.75) is 52.0 Å². The Labute approximate surface area is 174 Å². The molecule has 0 spiro atoms. The van der Waals surface area contributed by atoms with Crippen LogP contribution in [0.15, 0.2) is 4.52 Å². The molecule has 2 aliphatic rings. The summed E-state index contributed by atoms with van der Waals surface area (Å²) in [5.74, 6) is 2.48. The smallest absolute Gasteiger partial charge is 0.243 e. The molecule has 0 aliphatic carbocycles. The van der Waals surface area contributed by atoms with Gasteiger partial charge in [0, 0.05) is 39.0 Å². The van der Waals surface area contributed by atoms with E-state index >= 15 is 0 Å². The molecule has 1 unspecified atom stereocenters. The average molecular weight is 422 g/mol. The van der Waals surface area contributed by atoms with Crippen LogP contribution in [0.1, 0.15) is 57.3 Å². The Morgan fingerprint density at radius 2 is 1.89 bits per heavy atom. The summed E-state index contributed by atoms with van der Waals surface area (Å²) in [6.07, 6.45) is 4.95. The van der Waals surface area contributed by atoms with Crippen molar-refractivity contribution < 1.29 is 9.32 Å². The third kappa shape index (κ3) is 6.59. The van der Waals surface area contributed by atoms with Crippen LogP contribution in [0.3, 0.4) is 0 Å². The Bertz CT molecular complexity index is 558. The summed E-state index contributed by atoms with van der Waals surface area (Å²) < 4.78 is 5.36. The first-order valence-corrected chi connectivity index (χ1v) is 9.72. The van der Waals surface area contributed by atoms with Gasteiger partial charge in [0.1, 0.15) is 0 Å². The molecule has 0 radical (unpaired) electrons. The van der Waals surface area contributed by atoms with E-state index in [-0.39, 0.29) is 30.9 Å². The zero-order chi connectivity index (χ0) is 17.6. The van der Waals surface area contributed by atoms with Gasteiger partial charge in [-0.2, -0.15) is 4.98 Å². The van der Waals surface area contributed by atoms with Gasteiger partial charge in [-0.25, -0.2) is 0 Å². The first kappa shape index (κ1) is 24.1. The minimum atomic E-state index is 0. The predicted molar refractivity (Wildman–Crippen MR) is 110 cm³/mol. The van der Waals surface area contributed by atoms with Crippen LogP contribution < -0.4 is 5.32 Å².